The molecule has 0 spiro atoms. The lowest BCUT2D eigenvalue weighted by atomic mass is 9.84. The maximum Gasteiger partial charge on any atom is 0.335 e. The molecule has 34 heavy (non-hydrogen) atoms. The van der Waals surface area contributed by atoms with E-state index < -0.39 is 47.7 Å². The lowest BCUT2D eigenvalue weighted by Gasteiger charge is -2.24. The summed E-state index contributed by atoms with van der Waals surface area (Å²) >= 11 is 0. The van der Waals surface area contributed by atoms with Crippen molar-refractivity contribution in [3.8, 4) is 5.75 Å². The molecule has 5 rings (SSSR count). The Kier molecular flexibility index (Phi) is 5.06. The van der Waals surface area contributed by atoms with Crippen LogP contribution in [-0.2, 0) is 14.4 Å². The van der Waals surface area contributed by atoms with Crippen molar-refractivity contribution in [1.82, 2.24) is 5.32 Å². The van der Waals surface area contributed by atoms with Gasteiger partial charge in [-0.05, 0) is 35.0 Å². The van der Waals surface area contributed by atoms with Crippen molar-refractivity contribution in [3.63, 3.8) is 0 Å². The number of benzene rings is 3. The van der Waals surface area contributed by atoms with Crippen LogP contribution in [0.25, 0.3) is 10.8 Å². The summed E-state index contributed by atoms with van der Waals surface area (Å²) in [4.78, 5) is 51.5. The van der Waals surface area contributed by atoms with E-state index in [0.29, 0.717) is 11.3 Å². The van der Waals surface area contributed by atoms with Gasteiger partial charge < -0.3 is 14.9 Å². The predicted octanol–water partition coefficient (Wildman–Crippen LogP) is 2.45. The summed E-state index contributed by atoms with van der Waals surface area (Å²) in [5.41, 5.74) is 0.606. The highest BCUT2D eigenvalue weighted by atomic mass is 16.5. The van der Waals surface area contributed by atoms with Gasteiger partial charge in [-0.1, -0.05) is 36.4 Å². The molecule has 0 saturated carbocycles. The molecule has 4 atom stereocenters. The number of aliphatic carboxylic acids is 1. The number of ether oxygens (including phenoxy) is 1. The molecule has 9 nitrogen and oxygen atoms in total. The number of methoxy groups -OCH3 is 1. The fourth-order valence-electron chi connectivity index (χ4n) is 5.11. The minimum Gasteiger partial charge on any atom is -0.496 e. The second-order valence-corrected chi connectivity index (χ2v) is 8.28. The number of carbonyl (C=O) groups excluding carboxylic acids is 2. The Balaban J connectivity index is 1.67. The van der Waals surface area contributed by atoms with E-state index in [1.54, 1.807) is 6.07 Å². The average Bonchev–Trinajstić information content (AvgIpc) is 3.35. The Morgan fingerprint density at radius 2 is 1.68 bits per heavy atom. The zero-order valence-electron chi connectivity index (χ0n) is 18.0. The van der Waals surface area contributed by atoms with Crippen molar-refractivity contribution in [1.29, 1.82) is 0 Å². The molecule has 172 valence electrons. The molecule has 3 N–H and O–H groups in total. The molecule has 2 amide bonds. The van der Waals surface area contributed by atoms with Gasteiger partial charge >= 0.3 is 11.9 Å². The van der Waals surface area contributed by atoms with E-state index >= 15 is 0 Å². The quantitative estimate of drug-likeness (QED) is 0.495. The summed E-state index contributed by atoms with van der Waals surface area (Å²) in [6.07, 6.45) is 0. The number of carboxylic acids is 2. The summed E-state index contributed by atoms with van der Waals surface area (Å²) in [5.74, 6) is -5.43. The van der Waals surface area contributed by atoms with Crippen molar-refractivity contribution in [2.75, 3.05) is 12.0 Å². The highest BCUT2D eigenvalue weighted by molar-refractivity contribution is 6.24. The van der Waals surface area contributed by atoms with Gasteiger partial charge in [-0.15, -0.1) is 0 Å². The second-order valence-electron chi connectivity index (χ2n) is 8.28. The molecule has 2 saturated heterocycles. The fourth-order valence-corrected chi connectivity index (χ4v) is 5.11. The van der Waals surface area contributed by atoms with E-state index in [4.69, 9.17) is 4.74 Å². The van der Waals surface area contributed by atoms with Gasteiger partial charge in [0.05, 0.1) is 30.2 Å². The Morgan fingerprint density at radius 3 is 2.38 bits per heavy atom. The number of hydrogen-bond donors (Lipinski definition) is 3. The Morgan fingerprint density at radius 1 is 0.941 bits per heavy atom. The van der Waals surface area contributed by atoms with E-state index in [2.05, 4.69) is 5.32 Å². The van der Waals surface area contributed by atoms with E-state index in [-0.39, 0.29) is 11.3 Å². The third kappa shape index (κ3) is 3.12. The molecule has 0 bridgehead atoms. The predicted molar refractivity (Wildman–Crippen MR) is 121 cm³/mol. The van der Waals surface area contributed by atoms with E-state index in [1.165, 1.54) is 31.4 Å². The molecule has 2 aliphatic rings. The van der Waals surface area contributed by atoms with Gasteiger partial charge in [0, 0.05) is 11.6 Å². The largest absolute Gasteiger partial charge is 0.496 e. The van der Waals surface area contributed by atoms with Crippen molar-refractivity contribution < 1.29 is 34.1 Å². The van der Waals surface area contributed by atoms with Gasteiger partial charge in [0.1, 0.15) is 11.8 Å². The Hall–Kier alpha value is -4.24. The zero-order valence-corrected chi connectivity index (χ0v) is 18.0. The topological polar surface area (TPSA) is 133 Å². The Bertz CT molecular complexity index is 1370. The van der Waals surface area contributed by atoms with Gasteiger partial charge in [-0.2, -0.15) is 0 Å². The molecular formula is C25H20N2O7. The molecule has 3 aromatic rings. The standard InChI is InChI=1S/C25H20N2O7/c1-34-16-10-9-12-5-2-3-8-15(12)17(16)20-18-19(21(26-20)25(32)33)23(29)27(22(18)28)14-7-4-6-13(11-14)24(30)31/h2-11,18-21,26H,1H3,(H,30,31)(H,32,33). The summed E-state index contributed by atoms with van der Waals surface area (Å²) in [7, 11) is 1.49. The van der Waals surface area contributed by atoms with Gasteiger partial charge in [-0.25, -0.2) is 9.69 Å². The number of imide groups is 1. The monoisotopic (exact) mass is 460 g/mol. The minimum absolute atomic E-state index is 0.0876. The number of rotatable bonds is 5. The molecule has 2 fully saturated rings. The molecule has 2 aliphatic heterocycles. The van der Waals surface area contributed by atoms with Gasteiger partial charge in [0.15, 0.2) is 0 Å². The van der Waals surface area contributed by atoms with Gasteiger partial charge in [-0.3, -0.25) is 19.7 Å². The summed E-state index contributed by atoms with van der Waals surface area (Å²) in [5, 5.41) is 23.9. The molecule has 0 radical (unpaired) electrons. The number of fused-ring (bicyclic) bond motifs is 2. The number of aromatic carboxylic acids is 1. The lowest BCUT2D eigenvalue weighted by molar-refractivity contribution is -0.142. The molecule has 0 aromatic heterocycles. The minimum atomic E-state index is -1.30. The van der Waals surface area contributed by atoms with Crippen LogP contribution >= 0.6 is 0 Å². The van der Waals surface area contributed by atoms with Crippen LogP contribution in [0.5, 0.6) is 5.75 Å². The second kappa shape index (κ2) is 7.96. The summed E-state index contributed by atoms with van der Waals surface area (Å²) in [6.45, 7) is 0. The number of amides is 2. The zero-order chi connectivity index (χ0) is 24.1. The van der Waals surface area contributed by atoms with E-state index in [9.17, 15) is 29.4 Å². The van der Waals surface area contributed by atoms with Gasteiger partial charge in [0.2, 0.25) is 11.8 Å². The Labute approximate surface area is 193 Å². The first kappa shape index (κ1) is 21.6. The normalized spacial score (nSPS) is 23.9. The number of nitrogens with one attached hydrogen (secondary N) is 1. The summed E-state index contributed by atoms with van der Waals surface area (Å²) in [6, 6.07) is 14.4. The van der Waals surface area contributed by atoms with Crippen LogP contribution in [0.3, 0.4) is 0 Å². The van der Waals surface area contributed by atoms with Crippen LogP contribution in [-0.4, -0.2) is 47.1 Å². The number of carboxylic acid groups (broad SMARTS) is 2. The summed E-state index contributed by atoms with van der Waals surface area (Å²) < 4.78 is 5.56. The highest BCUT2D eigenvalue weighted by Crippen LogP contribution is 2.49. The molecule has 0 aliphatic carbocycles. The van der Waals surface area contributed by atoms with Crippen LogP contribution in [0.4, 0.5) is 5.69 Å². The third-order valence-electron chi connectivity index (χ3n) is 6.55. The number of carbonyl (C=O) groups is 4. The average molecular weight is 460 g/mol. The first-order valence-electron chi connectivity index (χ1n) is 10.6. The van der Waals surface area contributed by atoms with Crippen molar-refractivity contribution in [2.45, 2.75) is 12.1 Å². The van der Waals surface area contributed by atoms with Crippen LogP contribution in [0, 0.1) is 11.8 Å². The fraction of sp³-hybridized carbons (Fsp3) is 0.200. The molecular weight excluding hydrogens is 440 g/mol. The SMILES string of the molecule is COc1ccc2ccccc2c1C1NC(C(=O)O)C2C(=O)N(c3cccc(C(=O)O)c3)C(=O)C12. The van der Waals surface area contributed by atoms with Crippen LogP contribution < -0.4 is 15.0 Å². The number of anilines is 1. The lowest BCUT2D eigenvalue weighted by Crippen LogP contribution is -2.43. The maximum absolute atomic E-state index is 13.7. The highest BCUT2D eigenvalue weighted by Gasteiger charge is 2.62. The van der Waals surface area contributed by atoms with Crippen LogP contribution in [0.15, 0.2) is 60.7 Å². The van der Waals surface area contributed by atoms with Crippen molar-refractivity contribution in [2.24, 2.45) is 11.8 Å². The number of hydrogen-bond acceptors (Lipinski definition) is 6. The van der Waals surface area contributed by atoms with Gasteiger partial charge in [0.25, 0.3) is 0 Å². The third-order valence-corrected chi connectivity index (χ3v) is 6.55. The first-order chi connectivity index (χ1) is 16.3. The van der Waals surface area contributed by atoms with E-state index in [0.717, 1.165) is 15.7 Å². The molecule has 9 heteroatoms. The molecule has 3 aromatic carbocycles. The number of nitrogens with zero attached hydrogens (tertiary/aromatic N) is 1. The molecule has 2 heterocycles. The maximum atomic E-state index is 13.7. The van der Waals surface area contributed by atoms with Crippen molar-refractivity contribution in [3.05, 3.63) is 71.8 Å². The van der Waals surface area contributed by atoms with E-state index in [1.807, 2.05) is 30.3 Å². The van der Waals surface area contributed by atoms with Crippen LogP contribution in [0.2, 0.25) is 0 Å². The molecule has 4 unspecified atom stereocenters. The first-order valence-corrected chi connectivity index (χ1v) is 10.6. The van der Waals surface area contributed by atoms with Crippen molar-refractivity contribution >= 4 is 40.2 Å². The smallest absolute Gasteiger partial charge is 0.335 e. The van der Waals surface area contributed by atoms with Crippen LogP contribution in [0.1, 0.15) is 22.0 Å².